The molecule has 0 N–H and O–H groups in total. The number of aryl methyl sites for hydroxylation is 2. The lowest BCUT2D eigenvalue weighted by molar-refractivity contribution is 1.28. The normalized spacial score (nSPS) is 10.1. The van der Waals surface area contributed by atoms with Gasteiger partial charge in [0.15, 0.2) is 0 Å². The highest BCUT2D eigenvalue weighted by Gasteiger charge is 2.04. The number of rotatable bonds is 0. The van der Waals surface area contributed by atoms with E-state index in [2.05, 4.69) is 30.1 Å². The molecule has 2 nitrogen and oxygen atoms in total. The fourth-order valence-electron chi connectivity index (χ4n) is 1.80. The van der Waals surface area contributed by atoms with Crippen LogP contribution in [0.15, 0.2) is 24.4 Å². The first-order valence-corrected chi connectivity index (χ1v) is 4.48. The van der Waals surface area contributed by atoms with Crippen LogP contribution in [0.3, 0.4) is 0 Å². The molecule has 0 aliphatic carbocycles. The first-order valence-electron chi connectivity index (χ1n) is 4.48. The number of nitriles is 1. The maximum Gasteiger partial charge on any atom is 0.148 e. The van der Waals surface area contributed by atoms with E-state index in [-0.39, 0.29) is 0 Å². The smallest absolute Gasteiger partial charge is 0.148 e. The summed E-state index contributed by atoms with van der Waals surface area (Å²) in [7, 11) is 0. The zero-order valence-corrected chi connectivity index (χ0v) is 8.20. The Morgan fingerprint density at radius 1 is 1.29 bits per heavy atom. The van der Waals surface area contributed by atoms with Crippen molar-refractivity contribution < 1.29 is 0 Å². The molecule has 0 saturated carbocycles. The first-order chi connectivity index (χ1) is 6.72. The van der Waals surface area contributed by atoms with E-state index in [1.807, 2.05) is 13.0 Å². The monoisotopic (exact) mass is 182 g/mol. The van der Waals surface area contributed by atoms with Crippen molar-refractivity contribution in [1.82, 2.24) is 4.98 Å². The second kappa shape index (κ2) is 3.12. The number of aromatic nitrogens is 1. The van der Waals surface area contributed by atoms with E-state index >= 15 is 0 Å². The van der Waals surface area contributed by atoms with E-state index < -0.39 is 0 Å². The van der Waals surface area contributed by atoms with Crippen LogP contribution in [0.25, 0.3) is 10.8 Å². The summed E-state index contributed by atoms with van der Waals surface area (Å²) in [6.07, 6.45) is 1.68. The summed E-state index contributed by atoms with van der Waals surface area (Å²) in [5.41, 5.74) is 2.84. The van der Waals surface area contributed by atoms with E-state index in [9.17, 15) is 0 Å². The predicted molar refractivity (Wildman–Crippen MR) is 55.9 cm³/mol. The molecule has 0 radical (unpaired) electrons. The molecule has 68 valence electrons. The van der Waals surface area contributed by atoms with Crippen LogP contribution >= 0.6 is 0 Å². The Bertz CT molecular complexity index is 536. The van der Waals surface area contributed by atoms with Gasteiger partial charge in [-0.3, -0.25) is 0 Å². The van der Waals surface area contributed by atoms with Gasteiger partial charge in [-0.15, -0.1) is 0 Å². The number of pyridine rings is 1. The fraction of sp³-hybridized carbons (Fsp3) is 0.167. The molecule has 2 heteroatoms. The molecule has 0 spiro atoms. The summed E-state index contributed by atoms with van der Waals surface area (Å²) in [4.78, 5) is 4.05. The Balaban J connectivity index is 2.96. The average Bonchev–Trinajstić information content (AvgIpc) is 2.16. The summed E-state index contributed by atoms with van der Waals surface area (Å²) in [6, 6.07) is 8.21. The van der Waals surface area contributed by atoms with Gasteiger partial charge in [0.25, 0.3) is 0 Å². The fourth-order valence-corrected chi connectivity index (χ4v) is 1.80. The SMILES string of the molecule is Cc1cc(C)c2c(C#N)nccc2c1. The molecule has 0 aliphatic heterocycles. The predicted octanol–water partition coefficient (Wildman–Crippen LogP) is 2.72. The van der Waals surface area contributed by atoms with Crippen LogP contribution < -0.4 is 0 Å². The lowest BCUT2D eigenvalue weighted by Crippen LogP contribution is -1.88. The Morgan fingerprint density at radius 2 is 2.07 bits per heavy atom. The minimum absolute atomic E-state index is 0.514. The topological polar surface area (TPSA) is 36.7 Å². The first kappa shape index (κ1) is 8.71. The van der Waals surface area contributed by atoms with Gasteiger partial charge in [-0.25, -0.2) is 4.98 Å². The van der Waals surface area contributed by atoms with Gasteiger partial charge in [-0.05, 0) is 30.9 Å². The minimum atomic E-state index is 0.514. The second-order valence-corrected chi connectivity index (χ2v) is 3.45. The Labute approximate surface area is 82.8 Å². The average molecular weight is 182 g/mol. The van der Waals surface area contributed by atoms with Crippen LogP contribution in [-0.2, 0) is 0 Å². The van der Waals surface area contributed by atoms with Gasteiger partial charge in [0.2, 0.25) is 0 Å². The lowest BCUT2D eigenvalue weighted by atomic mass is 10.0. The molecule has 0 unspecified atom stereocenters. The van der Waals surface area contributed by atoms with Gasteiger partial charge in [0, 0.05) is 11.6 Å². The second-order valence-electron chi connectivity index (χ2n) is 3.45. The number of benzene rings is 1. The minimum Gasteiger partial charge on any atom is -0.245 e. The Kier molecular flexibility index (Phi) is 1.94. The zero-order valence-electron chi connectivity index (χ0n) is 8.20. The van der Waals surface area contributed by atoms with Crippen LogP contribution in [0.4, 0.5) is 0 Å². The lowest BCUT2D eigenvalue weighted by Gasteiger charge is -2.04. The summed E-state index contributed by atoms with van der Waals surface area (Å²) in [6.45, 7) is 4.07. The molecule has 1 aromatic carbocycles. The van der Waals surface area contributed by atoms with E-state index in [0.717, 1.165) is 16.3 Å². The van der Waals surface area contributed by atoms with Crippen LogP contribution in [0.2, 0.25) is 0 Å². The number of fused-ring (bicyclic) bond motifs is 1. The summed E-state index contributed by atoms with van der Waals surface area (Å²) in [5, 5.41) is 11.0. The van der Waals surface area contributed by atoms with Gasteiger partial charge < -0.3 is 0 Å². The Hall–Kier alpha value is -1.88. The molecule has 0 saturated heterocycles. The van der Waals surface area contributed by atoms with Crippen LogP contribution in [0.5, 0.6) is 0 Å². The number of hydrogen-bond acceptors (Lipinski definition) is 2. The van der Waals surface area contributed by atoms with Crippen molar-refractivity contribution >= 4 is 10.8 Å². The number of hydrogen-bond donors (Lipinski definition) is 0. The van der Waals surface area contributed by atoms with Gasteiger partial charge in [0.1, 0.15) is 11.8 Å². The molecule has 1 aromatic heterocycles. The van der Waals surface area contributed by atoms with Crippen molar-refractivity contribution in [2.75, 3.05) is 0 Å². The summed E-state index contributed by atoms with van der Waals surface area (Å²) < 4.78 is 0. The van der Waals surface area contributed by atoms with Gasteiger partial charge >= 0.3 is 0 Å². The van der Waals surface area contributed by atoms with E-state index in [0.29, 0.717) is 5.69 Å². The van der Waals surface area contributed by atoms with Gasteiger partial charge in [-0.2, -0.15) is 5.26 Å². The maximum atomic E-state index is 8.92. The third-order valence-corrected chi connectivity index (χ3v) is 2.31. The quantitative estimate of drug-likeness (QED) is 0.628. The van der Waals surface area contributed by atoms with Crippen molar-refractivity contribution in [1.29, 1.82) is 5.26 Å². The zero-order chi connectivity index (χ0) is 10.1. The molecule has 1 heterocycles. The molecule has 2 aromatic rings. The van der Waals surface area contributed by atoms with Crippen molar-refractivity contribution in [2.24, 2.45) is 0 Å². The molecular formula is C12H10N2. The third kappa shape index (κ3) is 1.23. The van der Waals surface area contributed by atoms with Crippen molar-refractivity contribution in [3.05, 3.63) is 41.2 Å². The van der Waals surface area contributed by atoms with Crippen molar-refractivity contribution in [2.45, 2.75) is 13.8 Å². The Morgan fingerprint density at radius 3 is 2.79 bits per heavy atom. The van der Waals surface area contributed by atoms with Gasteiger partial charge in [-0.1, -0.05) is 17.7 Å². The molecule has 0 fully saturated rings. The molecule has 2 rings (SSSR count). The maximum absolute atomic E-state index is 8.92. The molecule has 0 aliphatic rings. The summed E-state index contributed by atoms with van der Waals surface area (Å²) in [5.74, 6) is 0. The standard InChI is InChI=1S/C12H10N2/c1-8-5-9(2)12-10(6-8)3-4-14-11(12)7-13/h3-6H,1-2H3. The van der Waals surface area contributed by atoms with E-state index in [1.165, 1.54) is 5.56 Å². The largest absolute Gasteiger partial charge is 0.245 e. The van der Waals surface area contributed by atoms with Crippen LogP contribution in [-0.4, -0.2) is 4.98 Å². The summed E-state index contributed by atoms with van der Waals surface area (Å²) >= 11 is 0. The highest BCUT2D eigenvalue weighted by Crippen LogP contribution is 2.22. The molecule has 0 bridgehead atoms. The third-order valence-electron chi connectivity index (χ3n) is 2.31. The highest BCUT2D eigenvalue weighted by atomic mass is 14.7. The van der Waals surface area contributed by atoms with Crippen LogP contribution in [0.1, 0.15) is 16.8 Å². The van der Waals surface area contributed by atoms with Crippen molar-refractivity contribution in [3.8, 4) is 6.07 Å². The molecule has 0 atom stereocenters. The van der Waals surface area contributed by atoms with E-state index in [4.69, 9.17) is 5.26 Å². The molecule has 0 amide bonds. The van der Waals surface area contributed by atoms with Crippen LogP contribution in [0, 0.1) is 25.2 Å². The van der Waals surface area contributed by atoms with E-state index in [1.54, 1.807) is 6.20 Å². The highest BCUT2D eigenvalue weighted by molar-refractivity contribution is 5.89. The van der Waals surface area contributed by atoms with Crippen molar-refractivity contribution in [3.63, 3.8) is 0 Å². The van der Waals surface area contributed by atoms with Gasteiger partial charge in [0.05, 0.1) is 0 Å². The molecule has 14 heavy (non-hydrogen) atoms. The molecular weight excluding hydrogens is 172 g/mol. The number of nitrogens with zero attached hydrogens (tertiary/aromatic N) is 2.